The second-order valence-corrected chi connectivity index (χ2v) is 3.84. The Kier molecular flexibility index (Phi) is 3.16. The quantitative estimate of drug-likeness (QED) is 0.881. The number of halogens is 3. The van der Waals surface area contributed by atoms with Crippen LogP contribution in [0, 0.1) is 0 Å². The summed E-state index contributed by atoms with van der Waals surface area (Å²) < 4.78 is 39.9. The SMILES string of the molecule is O=C1[C@H](O)CCN1c1cccc(OC(F)(F)F)c1. The fraction of sp³-hybridized carbons (Fsp3) is 0.364. The average molecular weight is 261 g/mol. The van der Waals surface area contributed by atoms with E-state index in [0.29, 0.717) is 0 Å². The highest BCUT2D eigenvalue weighted by Crippen LogP contribution is 2.28. The molecule has 1 aromatic carbocycles. The Hall–Kier alpha value is -1.76. The zero-order chi connectivity index (χ0) is 13.3. The Balaban J connectivity index is 2.20. The number of rotatable bonds is 2. The van der Waals surface area contributed by atoms with Gasteiger partial charge in [-0.1, -0.05) is 6.07 Å². The highest BCUT2D eigenvalue weighted by Gasteiger charge is 2.33. The number of alkyl halides is 3. The second-order valence-electron chi connectivity index (χ2n) is 3.84. The zero-order valence-corrected chi connectivity index (χ0v) is 9.15. The van der Waals surface area contributed by atoms with Gasteiger partial charge in [-0.3, -0.25) is 4.79 Å². The number of anilines is 1. The van der Waals surface area contributed by atoms with Crippen molar-refractivity contribution in [3.63, 3.8) is 0 Å². The molecule has 0 saturated carbocycles. The first kappa shape index (κ1) is 12.7. The minimum atomic E-state index is -4.77. The molecule has 1 heterocycles. The molecule has 1 fully saturated rings. The van der Waals surface area contributed by atoms with Gasteiger partial charge in [-0.25, -0.2) is 0 Å². The normalized spacial score (nSPS) is 20.3. The third-order valence-corrected chi connectivity index (χ3v) is 2.54. The molecule has 0 aromatic heterocycles. The summed E-state index contributed by atoms with van der Waals surface area (Å²) in [4.78, 5) is 12.7. The third kappa shape index (κ3) is 2.73. The van der Waals surface area contributed by atoms with Gasteiger partial charge in [0, 0.05) is 24.7 Å². The van der Waals surface area contributed by atoms with Gasteiger partial charge in [-0.05, 0) is 12.1 Å². The number of benzene rings is 1. The Morgan fingerprint density at radius 3 is 2.67 bits per heavy atom. The standard InChI is InChI=1S/C11H10F3NO3/c12-11(13,14)18-8-3-1-2-7(6-8)15-5-4-9(16)10(15)17/h1-3,6,9,16H,4-5H2/t9-/m1/s1. The molecule has 0 aliphatic carbocycles. The lowest BCUT2D eigenvalue weighted by atomic mass is 10.3. The van der Waals surface area contributed by atoms with Crippen molar-refractivity contribution in [2.24, 2.45) is 0 Å². The van der Waals surface area contributed by atoms with Gasteiger partial charge in [0.1, 0.15) is 11.9 Å². The summed E-state index contributed by atoms with van der Waals surface area (Å²) in [6.07, 6.45) is -5.59. The minimum Gasteiger partial charge on any atom is -0.406 e. The molecule has 7 heteroatoms. The molecule has 1 aliphatic rings. The van der Waals surface area contributed by atoms with Crippen LogP contribution in [0.25, 0.3) is 0 Å². The Morgan fingerprint density at radius 1 is 1.39 bits per heavy atom. The monoisotopic (exact) mass is 261 g/mol. The van der Waals surface area contributed by atoms with Crippen LogP contribution in [0.15, 0.2) is 24.3 Å². The summed E-state index contributed by atoms with van der Waals surface area (Å²) in [5.41, 5.74) is 0.276. The van der Waals surface area contributed by atoms with E-state index < -0.39 is 24.1 Å². The summed E-state index contributed by atoms with van der Waals surface area (Å²) in [7, 11) is 0. The van der Waals surface area contributed by atoms with Crippen molar-refractivity contribution in [3.05, 3.63) is 24.3 Å². The average Bonchev–Trinajstić information content (AvgIpc) is 2.58. The number of aliphatic hydroxyl groups excluding tert-OH is 1. The van der Waals surface area contributed by atoms with Gasteiger partial charge in [0.25, 0.3) is 5.91 Å². The molecule has 18 heavy (non-hydrogen) atoms. The van der Waals surface area contributed by atoms with Gasteiger partial charge < -0.3 is 14.7 Å². The van der Waals surface area contributed by atoms with E-state index in [4.69, 9.17) is 0 Å². The van der Waals surface area contributed by atoms with E-state index >= 15 is 0 Å². The third-order valence-electron chi connectivity index (χ3n) is 2.54. The predicted molar refractivity (Wildman–Crippen MR) is 56.1 cm³/mol. The molecule has 0 unspecified atom stereocenters. The van der Waals surface area contributed by atoms with Crippen molar-refractivity contribution in [2.45, 2.75) is 18.9 Å². The van der Waals surface area contributed by atoms with E-state index in [1.54, 1.807) is 0 Å². The Labute approximate surface area is 101 Å². The number of carbonyl (C=O) groups excluding carboxylic acids is 1. The lowest BCUT2D eigenvalue weighted by molar-refractivity contribution is -0.274. The smallest absolute Gasteiger partial charge is 0.406 e. The van der Waals surface area contributed by atoms with Crippen LogP contribution in [-0.2, 0) is 4.79 Å². The van der Waals surface area contributed by atoms with Gasteiger partial charge in [0.2, 0.25) is 0 Å². The van der Waals surface area contributed by atoms with E-state index in [9.17, 15) is 23.1 Å². The lowest BCUT2D eigenvalue weighted by Gasteiger charge is -2.17. The van der Waals surface area contributed by atoms with E-state index in [-0.39, 0.29) is 18.7 Å². The van der Waals surface area contributed by atoms with Crippen LogP contribution in [0.4, 0.5) is 18.9 Å². The molecule has 1 aromatic rings. The minimum absolute atomic E-state index is 0.267. The Bertz CT molecular complexity index is 461. The van der Waals surface area contributed by atoms with Crippen LogP contribution in [0.3, 0.4) is 0 Å². The maximum Gasteiger partial charge on any atom is 0.573 e. The van der Waals surface area contributed by atoms with Crippen molar-refractivity contribution >= 4 is 11.6 Å². The summed E-state index contributed by atoms with van der Waals surface area (Å²) >= 11 is 0. The van der Waals surface area contributed by atoms with Gasteiger partial charge in [0.05, 0.1) is 0 Å². The van der Waals surface area contributed by atoms with Crippen LogP contribution in [0.2, 0.25) is 0 Å². The molecule has 98 valence electrons. The molecule has 4 nitrogen and oxygen atoms in total. The summed E-state index contributed by atoms with van der Waals surface area (Å²) in [5.74, 6) is -0.909. The van der Waals surface area contributed by atoms with Gasteiger partial charge in [-0.2, -0.15) is 0 Å². The molecule has 0 spiro atoms. The molecule has 1 atom stereocenters. The summed E-state index contributed by atoms with van der Waals surface area (Å²) in [5, 5.41) is 9.28. The van der Waals surface area contributed by atoms with E-state index in [2.05, 4.69) is 4.74 Å². The molecular formula is C11H10F3NO3. The summed E-state index contributed by atoms with van der Waals surface area (Å²) in [6.45, 7) is 0.273. The predicted octanol–water partition coefficient (Wildman–Crippen LogP) is 1.68. The molecule has 1 saturated heterocycles. The fourth-order valence-corrected chi connectivity index (χ4v) is 1.77. The van der Waals surface area contributed by atoms with E-state index in [1.807, 2.05) is 0 Å². The number of amides is 1. The molecule has 1 aliphatic heterocycles. The topological polar surface area (TPSA) is 49.8 Å². The summed E-state index contributed by atoms with van der Waals surface area (Å²) in [6, 6.07) is 5.10. The first-order chi connectivity index (χ1) is 8.37. The molecular weight excluding hydrogens is 251 g/mol. The van der Waals surface area contributed by atoms with Gasteiger partial charge in [-0.15, -0.1) is 13.2 Å². The highest BCUT2D eigenvalue weighted by atomic mass is 19.4. The van der Waals surface area contributed by atoms with Crippen LogP contribution >= 0.6 is 0 Å². The first-order valence-corrected chi connectivity index (χ1v) is 5.22. The van der Waals surface area contributed by atoms with E-state index in [0.717, 1.165) is 12.1 Å². The van der Waals surface area contributed by atoms with Crippen molar-refractivity contribution in [3.8, 4) is 5.75 Å². The first-order valence-electron chi connectivity index (χ1n) is 5.22. The highest BCUT2D eigenvalue weighted by molar-refractivity contribution is 5.98. The molecule has 0 bridgehead atoms. The van der Waals surface area contributed by atoms with Crippen molar-refractivity contribution in [2.75, 3.05) is 11.4 Å². The Morgan fingerprint density at radius 2 is 2.11 bits per heavy atom. The number of ether oxygens (including phenoxy) is 1. The number of aliphatic hydroxyl groups is 1. The van der Waals surface area contributed by atoms with Gasteiger partial charge >= 0.3 is 6.36 Å². The number of nitrogens with zero attached hydrogens (tertiary/aromatic N) is 1. The fourth-order valence-electron chi connectivity index (χ4n) is 1.77. The lowest BCUT2D eigenvalue weighted by Crippen LogP contribution is -2.29. The van der Waals surface area contributed by atoms with Crippen LogP contribution in [0.5, 0.6) is 5.75 Å². The maximum atomic E-state index is 12.0. The van der Waals surface area contributed by atoms with Crippen LogP contribution in [-0.4, -0.2) is 30.0 Å². The number of hydrogen-bond acceptors (Lipinski definition) is 3. The number of hydrogen-bond donors (Lipinski definition) is 1. The molecule has 1 amide bonds. The van der Waals surface area contributed by atoms with E-state index in [1.165, 1.54) is 17.0 Å². The molecule has 2 rings (SSSR count). The largest absolute Gasteiger partial charge is 0.573 e. The second kappa shape index (κ2) is 4.49. The number of carbonyl (C=O) groups is 1. The van der Waals surface area contributed by atoms with Crippen molar-refractivity contribution in [1.29, 1.82) is 0 Å². The van der Waals surface area contributed by atoms with Crippen molar-refractivity contribution < 1.29 is 27.8 Å². The molecule has 1 N–H and O–H groups in total. The zero-order valence-electron chi connectivity index (χ0n) is 9.15. The molecule has 0 radical (unpaired) electrons. The maximum absolute atomic E-state index is 12.0. The van der Waals surface area contributed by atoms with Crippen LogP contribution in [0.1, 0.15) is 6.42 Å². The van der Waals surface area contributed by atoms with Crippen molar-refractivity contribution in [1.82, 2.24) is 0 Å². The van der Waals surface area contributed by atoms with Gasteiger partial charge in [0.15, 0.2) is 0 Å². The van der Waals surface area contributed by atoms with Crippen LogP contribution < -0.4 is 9.64 Å².